The first kappa shape index (κ1) is 15.2. The lowest BCUT2D eigenvalue weighted by atomic mass is 10.6. The van der Waals surface area contributed by atoms with Gasteiger partial charge >= 0.3 is 0 Å². The van der Waals surface area contributed by atoms with Crippen molar-refractivity contribution in [3.8, 4) is 0 Å². The highest BCUT2D eigenvalue weighted by molar-refractivity contribution is 7.99. The predicted octanol–water partition coefficient (Wildman–Crippen LogP) is 0.0552. The number of hydrogen-bond donors (Lipinski definition) is 2. The number of amides is 1. The summed E-state index contributed by atoms with van der Waals surface area (Å²) in [5, 5.41) is 2.70. The molecular formula is C11H18N6OS. The Morgan fingerprint density at radius 2 is 2.21 bits per heavy atom. The van der Waals surface area contributed by atoms with Gasteiger partial charge in [0.25, 0.3) is 0 Å². The van der Waals surface area contributed by atoms with Crippen molar-refractivity contribution in [3.05, 3.63) is 18.5 Å². The van der Waals surface area contributed by atoms with Crippen LogP contribution in [-0.2, 0) is 10.5 Å². The minimum Gasteiger partial charge on any atom is -0.368 e. The maximum absolute atomic E-state index is 11.4. The van der Waals surface area contributed by atoms with Crippen molar-refractivity contribution in [3.63, 3.8) is 0 Å². The first-order valence-electron chi connectivity index (χ1n) is 5.66. The molecule has 0 fully saturated rings. The van der Waals surface area contributed by atoms with Crippen LogP contribution >= 0.6 is 11.8 Å². The molecule has 1 heterocycles. The molecule has 0 aromatic carbocycles. The summed E-state index contributed by atoms with van der Waals surface area (Å²) in [6.07, 6.45) is 1.64. The van der Waals surface area contributed by atoms with Crippen LogP contribution in [0.1, 0.15) is 5.82 Å². The average Bonchev–Trinajstić information content (AvgIpc) is 2.35. The fourth-order valence-electron chi connectivity index (χ4n) is 1.16. The molecule has 1 rings (SSSR count). The van der Waals surface area contributed by atoms with Crippen LogP contribution in [0.5, 0.6) is 0 Å². The van der Waals surface area contributed by atoms with E-state index in [4.69, 9.17) is 5.73 Å². The molecule has 8 heteroatoms. The predicted molar refractivity (Wildman–Crippen MR) is 77.9 cm³/mol. The number of nitrogen functional groups attached to an aromatic ring is 1. The minimum absolute atomic E-state index is 0.0419. The van der Waals surface area contributed by atoms with Crippen molar-refractivity contribution in [2.24, 2.45) is 0 Å². The van der Waals surface area contributed by atoms with Gasteiger partial charge in [-0.05, 0) is 0 Å². The lowest BCUT2D eigenvalue weighted by Gasteiger charge is -2.11. The molecule has 1 aromatic heterocycles. The van der Waals surface area contributed by atoms with Crippen LogP contribution in [0.15, 0.2) is 12.7 Å². The third-order valence-electron chi connectivity index (χ3n) is 2.00. The second-order valence-corrected chi connectivity index (χ2v) is 4.88. The van der Waals surface area contributed by atoms with E-state index in [2.05, 4.69) is 26.8 Å². The Bertz CT molecular complexity index is 451. The first-order chi connectivity index (χ1) is 9.02. The van der Waals surface area contributed by atoms with Crippen molar-refractivity contribution in [1.82, 2.24) is 20.3 Å². The van der Waals surface area contributed by atoms with Crippen LogP contribution in [0.2, 0.25) is 0 Å². The van der Waals surface area contributed by atoms with E-state index in [1.54, 1.807) is 11.0 Å². The normalized spacial score (nSPS) is 10.0. The van der Waals surface area contributed by atoms with Crippen molar-refractivity contribution in [2.45, 2.75) is 5.75 Å². The monoisotopic (exact) mass is 282 g/mol. The van der Waals surface area contributed by atoms with Crippen LogP contribution in [0.4, 0.5) is 11.9 Å². The van der Waals surface area contributed by atoms with Gasteiger partial charge in [0.1, 0.15) is 5.82 Å². The molecule has 0 aliphatic rings. The van der Waals surface area contributed by atoms with Crippen LogP contribution in [-0.4, -0.2) is 47.3 Å². The van der Waals surface area contributed by atoms with Crippen LogP contribution in [0.3, 0.4) is 0 Å². The number of nitrogens with two attached hydrogens (primary N) is 1. The zero-order valence-corrected chi connectivity index (χ0v) is 11.9. The molecule has 7 nitrogen and oxygen atoms in total. The number of anilines is 2. The number of aromatic nitrogens is 3. The fourth-order valence-corrected chi connectivity index (χ4v) is 1.86. The summed E-state index contributed by atoms with van der Waals surface area (Å²) in [6.45, 7) is 4.00. The molecule has 0 atom stereocenters. The number of nitrogens with one attached hydrogen (secondary N) is 1. The van der Waals surface area contributed by atoms with E-state index in [1.165, 1.54) is 11.8 Å². The Hall–Kier alpha value is -1.83. The Labute approximate surface area is 116 Å². The Morgan fingerprint density at radius 3 is 2.84 bits per heavy atom. The van der Waals surface area contributed by atoms with E-state index in [-0.39, 0.29) is 11.9 Å². The quantitative estimate of drug-likeness (QED) is 0.682. The van der Waals surface area contributed by atoms with Crippen molar-refractivity contribution in [2.75, 3.05) is 37.0 Å². The van der Waals surface area contributed by atoms with Gasteiger partial charge in [0, 0.05) is 20.6 Å². The smallest absolute Gasteiger partial charge is 0.230 e. The molecule has 1 amide bonds. The maximum Gasteiger partial charge on any atom is 0.230 e. The summed E-state index contributed by atoms with van der Waals surface area (Å²) in [5.74, 6) is 2.08. The SMILES string of the molecule is C=CCNC(=O)CSCc1nc(N)nc(N(C)C)n1. The second-order valence-electron chi connectivity index (χ2n) is 3.89. The van der Waals surface area contributed by atoms with Gasteiger partial charge in [0.15, 0.2) is 0 Å². The summed E-state index contributed by atoms with van der Waals surface area (Å²) in [6, 6.07) is 0. The largest absolute Gasteiger partial charge is 0.368 e. The van der Waals surface area contributed by atoms with E-state index in [0.717, 1.165) is 0 Å². The van der Waals surface area contributed by atoms with Gasteiger partial charge in [0.05, 0.1) is 11.5 Å². The molecule has 0 bridgehead atoms. The molecular weight excluding hydrogens is 264 g/mol. The van der Waals surface area contributed by atoms with E-state index in [0.29, 0.717) is 29.8 Å². The van der Waals surface area contributed by atoms with Gasteiger partial charge in [-0.1, -0.05) is 6.08 Å². The summed E-state index contributed by atoms with van der Waals surface area (Å²) < 4.78 is 0. The van der Waals surface area contributed by atoms with E-state index in [1.807, 2.05) is 14.1 Å². The lowest BCUT2D eigenvalue weighted by Crippen LogP contribution is -2.25. The van der Waals surface area contributed by atoms with Crippen molar-refractivity contribution in [1.29, 1.82) is 0 Å². The second kappa shape index (κ2) is 7.57. The average molecular weight is 282 g/mol. The van der Waals surface area contributed by atoms with E-state index >= 15 is 0 Å². The summed E-state index contributed by atoms with van der Waals surface area (Å²) in [7, 11) is 3.66. The Balaban J connectivity index is 2.49. The molecule has 0 unspecified atom stereocenters. The van der Waals surface area contributed by atoms with Crippen LogP contribution < -0.4 is 16.0 Å². The number of rotatable bonds is 7. The zero-order chi connectivity index (χ0) is 14.3. The van der Waals surface area contributed by atoms with Gasteiger partial charge in [-0.15, -0.1) is 18.3 Å². The minimum atomic E-state index is -0.0419. The lowest BCUT2D eigenvalue weighted by molar-refractivity contribution is -0.118. The van der Waals surface area contributed by atoms with E-state index < -0.39 is 0 Å². The Kier molecular flexibility index (Phi) is 6.07. The van der Waals surface area contributed by atoms with Gasteiger partial charge in [-0.25, -0.2) is 0 Å². The van der Waals surface area contributed by atoms with Gasteiger partial charge < -0.3 is 16.0 Å². The van der Waals surface area contributed by atoms with Crippen LogP contribution in [0.25, 0.3) is 0 Å². The number of thioether (sulfide) groups is 1. The number of carbonyl (C=O) groups excluding carboxylic acids is 1. The molecule has 0 radical (unpaired) electrons. The van der Waals surface area contributed by atoms with Gasteiger partial charge in [0.2, 0.25) is 17.8 Å². The Morgan fingerprint density at radius 1 is 1.47 bits per heavy atom. The summed E-state index contributed by atoms with van der Waals surface area (Å²) >= 11 is 1.42. The van der Waals surface area contributed by atoms with Gasteiger partial charge in [-0.3, -0.25) is 4.79 Å². The van der Waals surface area contributed by atoms with Crippen LogP contribution in [0, 0.1) is 0 Å². The van der Waals surface area contributed by atoms with Crippen molar-refractivity contribution >= 4 is 29.6 Å². The highest BCUT2D eigenvalue weighted by Crippen LogP contribution is 2.12. The fraction of sp³-hybridized carbons (Fsp3) is 0.455. The maximum atomic E-state index is 11.4. The third kappa shape index (κ3) is 5.56. The summed E-state index contributed by atoms with van der Waals surface area (Å²) in [4.78, 5) is 25.4. The molecule has 3 N–H and O–H groups in total. The summed E-state index contributed by atoms with van der Waals surface area (Å²) in [5.41, 5.74) is 5.61. The molecule has 0 saturated carbocycles. The third-order valence-corrected chi connectivity index (χ3v) is 2.92. The van der Waals surface area contributed by atoms with Gasteiger partial charge in [-0.2, -0.15) is 15.0 Å². The number of carbonyl (C=O) groups is 1. The standard InChI is InChI=1S/C11H18N6OS/c1-4-5-13-9(18)7-19-6-8-14-10(12)16-11(15-8)17(2)3/h4H,1,5-7H2,2-3H3,(H,13,18)(H2,12,14,15,16). The molecule has 1 aromatic rings. The van der Waals surface area contributed by atoms with E-state index in [9.17, 15) is 4.79 Å². The highest BCUT2D eigenvalue weighted by atomic mass is 32.2. The van der Waals surface area contributed by atoms with Crippen molar-refractivity contribution < 1.29 is 4.79 Å². The number of nitrogens with zero attached hydrogens (tertiary/aromatic N) is 4. The highest BCUT2D eigenvalue weighted by Gasteiger charge is 2.07. The molecule has 104 valence electrons. The molecule has 0 spiro atoms. The molecule has 0 saturated heterocycles. The number of hydrogen-bond acceptors (Lipinski definition) is 7. The first-order valence-corrected chi connectivity index (χ1v) is 6.81. The topological polar surface area (TPSA) is 97.0 Å². The molecule has 0 aliphatic carbocycles. The molecule has 0 aliphatic heterocycles. The zero-order valence-electron chi connectivity index (χ0n) is 11.1. The molecule has 19 heavy (non-hydrogen) atoms.